The standard InChI is InChI=1S/C50H32N2O/c1-4-14-33(15-5-1)40-26-27-41(43-21-11-10-20-42(40)43)38-28-37(36-24-25-45-44-22-12-13-23-48(44)53-49(45)31-36)29-39(30-38)47-32-46(34-16-6-2-7-17-34)51-50(52-47)35-18-8-3-9-19-35/h1-32H. The first-order valence-corrected chi connectivity index (χ1v) is 17.9. The second-order valence-electron chi connectivity index (χ2n) is 13.4. The van der Waals surface area contributed by atoms with Crippen molar-refractivity contribution >= 4 is 32.7 Å². The summed E-state index contributed by atoms with van der Waals surface area (Å²) < 4.78 is 6.37. The first kappa shape index (κ1) is 30.7. The van der Waals surface area contributed by atoms with Gasteiger partial charge in [0.15, 0.2) is 5.82 Å². The average molecular weight is 677 g/mol. The maximum Gasteiger partial charge on any atom is 0.160 e. The van der Waals surface area contributed by atoms with Crippen molar-refractivity contribution in [3.05, 3.63) is 194 Å². The van der Waals surface area contributed by atoms with Gasteiger partial charge >= 0.3 is 0 Å². The molecule has 0 saturated heterocycles. The topological polar surface area (TPSA) is 38.9 Å². The molecule has 10 rings (SSSR count). The number of fused-ring (bicyclic) bond motifs is 4. The highest BCUT2D eigenvalue weighted by Gasteiger charge is 2.16. The Hall–Kier alpha value is -7.10. The maximum atomic E-state index is 6.37. The van der Waals surface area contributed by atoms with E-state index in [0.717, 1.165) is 72.3 Å². The van der Waals surface area contributed by atoms with Crippen molar-refractivity contribution in [2.24, 2.45) is 0 Å². The van der Waals surface area contributed by atoms with Crippen molar-refractivity contribution < 1.29 is 4.42 Å². The van der Waals surface area contributed by atoms with Gasteiger partial charge in [-0.3, -0.25) is 0 Å². The Morgan fingerprint density at radius 3 is 1.49 bits per heavy atom. The van der Waals surface area contributed by atoms with Crippen LogP contribution in [0, 0.1) is 0 Å². The van der Waals surface area contributed by atoms with Crippen LogP contribution in [0.25, 0.3) is 100.0 Å². The molecule has 8 aromatic carbocycles. The quantitative estimate of drug-likeness (QED) is 0.176. The highest BCUT2D eigenvalue weighted by atomic mass is 16.3. The van der Waals surface area contributed by atoms with Gasteiger partial charge in [-0.25, -0.2) is 9.97 Å². The number of furan rings is 1. The van der Waals surface area contributed by atoms with Gasteiger partial charge in [0.25, 0.3) is 0 Å². The molecule has 0 fully saturated rings. The lowest BCUT2D eigenvalue weighted by Crippen LogP contribution is -1.96. The maximum absolute atomic E-state index is 6.37. The number of rotatable bonds is 6. The average Bonchev–Trinajstić information content (AvgIpc) is 3.62. The Morgan fingerprint density at radius 1 is 0.283 bits per heavy atom. The summed E-state index contributed by atoms with van der Waals surface area (Å²) in [5.74, 6) is 0.690. The Kier molecular flexibility index (Phi) is 7.47. The summed E-state index contributed by atoms with van der Waals surface area (Å²) in [6, 6.07) is 68.1. The van der Waals surface area contributed by atoms with Crippen molar-refractivity contribution in [2.45, 2.75) is 0 Å². The molecule has 10 aromatic rings. The van der Waals surface area contributed by atoms with Crippen LogP contribution in [0.2, 0.25) is 0 Å². The molecule has 0 aliphatic carbocycles. The van der Waals surface area contributed by atoms with E-state index < -0.39 is 0 Å². The summed E-state index contributed by atoms with van der Waals surface area (Å²) in [6.07, 6.45) is 0. The normalized spacial score (nSPS) is 11.4. The smallest absolute Gasteiger partial charge is 0.160 e. The minimum absolute atomic E-state index is 0.690. The Balaban J connectivity index is 1.22. The largest absolute Gasteiger partial charge is 0.456 e. The van der Waals surface area contributed by atoms with Crippen LogP contribution in [-0.2, 0) is 0 Å². The van der Waals surface area contributed by atoms with E-state index in [0.29, 0.717) is 5.82 Å². The fourth-order valence-corrected chi connectivity index (χ4v) is 7.49. The zero-order chi connectivity index (χ0) is 35.1. The van der Waals surface area contributed by atoms with Crippen LogP contribution >= 0.6 is 0 Å². The van der Waals surface area contributed by atoms with Crippen molar-refractivity contribution in [3.63, 3.8) is 0 Å². The number of benzene rings is 8. The fraction of sp³-hybridized carbons (Fsp3) is 0. The monoisotopic (exact) mass is 676 g/mol. The molecule has 0 N–H and O–H groups in total. The van der Waals surface area contributed by atoms with E-state index in [-0.39, 0.29) is 0 Å². The number of para-hydroxylation sites is 1. The second-order valence-corrected chi connectivity index (χ2v) is 13.4. The van der Waals surface area contributed by atoms with Crippen molar-refractivity contribution in [3.8, 4) is 67.3 Å². The van der Waals surface area contributed by atoms with E-state index in [9.17, 15) is 0 Å². The zero-order valence-corrected chi connectivity index (χ0v) is 28.8. The fourth-order valence-electron chi connectivity index (χ4n) is 7.49. The molecule has 0 atom stereocenters. The van der Waals surface area contributed by atoms with Gasteiger partial charge in [0.2, 0.25) is 0 Å². The molecule has 0 spiro atoms. The first-order valence-electron chi connectivity index (χ1n) is 17.9. The molecular formula is C50H32N2O. The summed E-state index contributed by atoms with van der Waals surface area (Å²) in [4.78, 5) is 10.3. The summed E-state index contributed by atoms with van der Waals surface area (Å²) in [6.45, 7) is 0. The zero-order valence-electron chi connectivity index (χ0n) is 28.8. The molecule has 3 nitrogen and oxygen atoms in total. The molecule has 0 aliphatic heterocycles. The Bertz CT molecular complexity index is 2870. The van der Waals surface area contributed by atoms with Crippen molar-refractivity contribution in [1.29, 1.82) is 0 Å². The van der Waals surface area contributed by atoms with Gasteiger partial charge in [-0.1, -0.05) is 152 Å². The van der Waals surface area contributed by atoms with Gasteiger partial charge in [0.05, 0.1) is 11.4 Å². The van der Waals surface area contributed by atoms with Gasteiger partial charge < -0.3 is 4.42 Å². The lowest BCUT2D eigenvalue weighted by Gasteiger charge is -2.16. The third-order valence-corrected chi connectivity index (χ3v) is 10.1. The van der Waals surface area contributed by atoms with Gasteiger partial charge in [-0.15, -0.1) is 0 Å². The number of aromatic nitrogens is 2. The summed E-state index contributed by atoms with van der Waals surface area (Å²) >= 11 is 0. The van der Waals surface area contributed by atoms with Gasteiger partial charge in [0, 0.05) is 27.5 Å². The predicted molar refractivity (Wildman–Crippen MR) is 219 cm³/mol. The molecule has 3 heteroatoms. The number of nitrogens with zero attached hydrogens (tertiary/aromatic N) is 2. The van der Waals surface area contributed by atoms with Crippen LogP contribution in [-0.4, -0.2) is 9.97 Å². The van der Waals surface area contributed by atoms with Crippen LogP contribution in [0.15, 0.2) is 199 Å². The Morgan fingerprint density at radius 2 is 0.792 bits per heavy atom. The molecule has 0 aliphatic rings. The summed E-state index contributed by atoms with van der Waals surface area (Å²) in [7, 11) is 0. The Labute approximate surface area is 307 Å². The third-order valence-electron chi connectivity index (χ3n) is 10.1. The molecule has 248 valence electrons. The SMILES string of the molecule is c1ccc(-c2cc(-c3cc(-c4ccc5c(c4)oc4ccccc45)cc(-c4ccc(-c5ccccc5)c5ccccc45)c3)nc(-c3ccccc3)n2)cc1. The first-order chi connectivity index (χ1) is 26.2. The third kappa shape index (κ3) is 5.65. The molecule has 2 aromatic heterocycles. The van der Waals surface area contributed by atoms with E-state index in [4.69, 9.17) is 14.4 Å². The molecule has 53 heavy (non-hydrogen) atoms. The molecule has 0 saturated carbocycles. The van der Waals surface area contributed by atoms with E-state index in [1.807, 2.05) is 36.4 Å². The summed E-state index contributed by atoms with van der Waals surface area (Å²) in [5.41, 5.74) is 13.4. The van der Waals surface area contributed by atoms with E-state index >= 15 is 0 Å². The lowest BCUT2D eigenvalue weighted by molar-refractivity contribution is 0.669. The number of hydrogen-bond acceptors (Lipinski definition) is 3. The van der Waals surface area contributed by atoms with Crippen molar-refractivity contribution in [1.82, 2.24) is 9.97 Å². The highest BCUT2D eigenvalue weighted by Crippen LogP contribution is 2.40. The molecule has 0 radical (unpaired) electrons. The van der Waals surface area contributed by atoms with Crippen LogP contribution in [0.1, 0.15) is 0 Å². The second kappa shape index (κ2) is 12.9. The van der Waals surface area contributed by atoms with Gasteiger partial charge in [0.1, 0.15) is 11.2 Å². The molecule has 2 heterocycles. The van der Waals surface area contributed by atoms with E-state index in [2.05, 4.69) is 158 Å². The summed E-state index contributed by atoms with van der Waals surface area (Å²) in [5, 5.41) is 4.64. The van der Waals surface area contributed by atoms with Gasteiger partial charge in [-0.05, 0) is 86.6 Å². The highest BCUT2D eigenvalue weighted by molar-refractivity contribution is 6.07. The van der Waals surface area contributed by atoms with Crippen LogP contribution in [0.5, 0.6) is 0 Å². The van der Waals surface area contributed by atoms with E-state index in [1.165, 1.54) is 21.9 Å². The molecule has 0 amide bonds. The molecule has 0 unspecified atom stereocenters. The van der Waals surface area contributed by atoms with Crippen LogP contribution in [0.4, 0.5) is 0 Å². The minimum Gasteiger partial charge on any atom is -0.456 e. The molecular weight excluding hydrogens is 645 g/mol. The lowest BCUT2D eigenvalue weighted by atomic mass is 9.89. The van der Waals surface area contributed by atoms with E-state index in [1.54, 1.807) is 0 Å². The van der Waals surface area contributed by atoms with Gasteiger partial charge in [-0.2, -0.15) is 0 Å². The predicted octanol–water partition coefficient (Wildman–Crippen LogP) is 13.5. The van der Waals surface area contributed by atoms with Crippen LogP contribution in [0.3, 0.4) is 0 Å². The number of hydrogen-bond donors (Lipinski definition) is 0. The van der Waals surface area contributed by atoms with Crippen LogP contribution < -0.4 is 0 Å². The molecule has 0 bridgehead atoms. The van der Waals surface area contributed by atoms with Crippen molar-refractivity contribution in [2.75, 3.05) is 0 Å². The minimum atomic E-state index is 0.690.